The minimum atomic E-state index is -0.916. The molecule has 0 saturated carbocycles. The van der Waals surface area contributed by atoms with Crippen LogP contribution in [0.2, 0.25) is 0 Å². The first-order valence-electron chi connectivity index (χ1n) is 7.35. The van der Waals surface area contributed by atoms with Gasteiger partial charge in [-0.2, -0.15) is 0 Å². The molecule has 5 nitrogen and oxygen atoms in total. The minimum Gasteiger partial charge on any atom is -0.481 e. The van der Waals surface area contributed by atoms with Crippen LogP contribution in [0.5, 0.6) is 0 Å². The van der Waals surface area contributed by atoms with E-state index in [-0.39, 0.29) is 24.8 Å². The Bertz CT molecular complexity index is 286. The number of unbranched alkanes of at least 4 members (excludes halogenated alkanes) is 2. The maximum absolute atomic E-state index is 11.5. The van der Waals surface area contributed by atoms with E-state index < -0.39 is 5.97 Å². The molecular formula is C14H26N2O3. The Hall–Kier alpha value is -1.10. The van der Waals surface area contributed by atoms with E-state index in [9.17, 15) is 9.59 Å². The molecule has 0 unspecified atom stereocenters. The normalized spacial score (nSPS) is 17.3. The number of carboxylic acid groups (broad SMARTS) is 1. The second kappa shape index (κ2) is 8.91. The molecule has 0 atom stereocenters. The monoisotopic (exact) mass is 270 g/mol. The topological polar surface area (TPSA) is 69.6 Å². The predicted molar refractivity (Wildman–Crippen MR) is 74.0 cm³/mol. The van der Waals surface area contributed by atoms with Crippen LogP contribution >= 0.6 is 0 Å². The summed E-state index contributed by atoms with van der Waals surface area (Å²) in [5.74, 6) is -1.05. The Kier molecular flexibility index (Phi) is 7.48. The first-order chi connectivity index (χ1) is 9.11. The molecule has 110 valence electrons. The number of piperidine rings is 1. The van der Waals surface area contributed by atoms with Crippen molar-refractivity contribution in [3.8, 4) is 0 Å². The number of carbonyl (C=O) groups is 2. The van der Waals surface area contributed by atoms with Crippen LogP contribution in [-0.2, 0) is 9.59 Å². The van der Waals surface area contributed by atoms with Gasteiger partial charge in [0, 0.05) is 25.6 Å². The van der Waals surface area contributed by atoms with E-state index in [0.29, 0.717) is 0 Å². The first kappa shape index (κ1) is 16.0. The smallest absolute Gasteiger partial charge is 0.303 e. The molecule has 1 aliphatic heterocycles. The Morgan fingerprint density at radius 1 is 1.21 bits per heavy atom. The highest BCUT2D eigenvalue weighted by atomic mass is 16.4. The van der Waals surface area contributed by atoms with Gasteiger partial charge in [0.2, 0.25) is 5.91 Å². The Labute approximate surface area is 115 Å². The maximum Gasteiger partial charge on any atom is 0.303 e. The number of amides is 1. The molecule has 1 saturated heterocycles. The van der Waals surface area contributed by atoms with Crippen LogP contribution < -0.4 is 5.32 Å². The van der Waals surface area contributed by atoms with Crippen LogP contribution in [0, 0.1) is 0 Å². The lowest BCUT2D eigenvalue weighted by Crippen LogP contribution is -2.44. The van der Waals surface area contributed by atoms with Crippen molar-refractivity contribution in [2.75, 3.05) is 19.6 Å². The Balaban J connectivity index is 2.12. The zero-order chi connectivity index (χ0) is 14.1. The van der Waals surface area contributed by atoms with Crippen LogP contribution in [0.4, 0.5) is 0 Å². The molecule has 1 fully saturated rings. The molecule has 0 aromatic carbocycles. The van der Waals surface area contributed by atoms with Crippen molar-refractivity contribution in [2.45, 2.75) is 57.9 Å². The lowest BCUT2D eigenvalue weighted by Gasteiger charge is -2.32. The van der Waals surface area contributed by atoms with E-state index in [2.05, 4.69) is 17.1 Å². The van der Waals surface area contributed by atoms with E-state index in [1.807, 2.05) is 0 Å². The van der Waals surface area contributed by atoms with E-state index in [1.54, 1.807) is 0 Å². The quantitative estimate of drug-likeness (QED) is 0.658. The average molecular weight is 270 g/mol. The van der Waals surface area contributed by atoms with Gasteiger partial charge in [0.25, 0.3) is 0 Å². The van der Waals surface area contributed by atoms with Gasteiger partial charge < -0.3 is 15.3 Å². The van der Waals surface area contributed by atoms with E-state index in [1.165, 1.54) is 19.3 Å². The highest BCUT2D eigenvalue weighted by Crippen LogP contribution is 2.11. The number of rotatable bonds is 8. The van der Waals surface area contributed by atoms with Gasteiger partial charge in [-0.05, 0) is 25.8 Å². The zero-order valence-corrected chi connectivity index (χ0v) is 11.9. The fourth-order valence-electron chi connectivity index (χ4n) is 2.41. The fraction of sp³-hybridized carbons (Fsp3) is 0.857. The molecule has 2 N–H and O–H groups in total. The molecule has 1 aliphatic rings. The summed E-state index contributed by atoms with van der Waals surface area (Å²) in [5.41, 5.74) is 0. The minimum absolute atomic E-state index is 0.0817. The highest BCUT2D eigenvalue weighted by molar-refractivity contribution is 5.80. The molecule has 0 bridgehead atoms. The summed E-state index contributed by atoms with van der Waals surface area (Å²) in [6, 6.07) is 0.226. The second-order valence-electron chi connectivity index (χ2n) is 5.28. The summed E-state index contributed by atoms with van der Waals surface area (Å²) in [6.45, 7) is 5.44. The van der Waals surface area contributed by atoms with Gasteiger partial charge in [0.15, 0.2) is 0 Å². The molecule has 1 rings (SSSR count). The van der Waals surface area contributed by atoms with E-state index in [4.69, 9.17) is 5.11 Å². The van der Waals surface area contributed by atoms with E-state index >= 15 is 0 Å². The van der Waals surface area contributed by atoms with Gasteiger partial charge in [0.1, 0.15) is 0 Å². The first-order valence-corrected chi connectivity index (χ1v) is 7.35. The number of hydrogen-bond acceptors (Lipinski definition) is 3. The maximum atomic E-state index is 11.5. The number of aliphatic carboxylic acids is 1. The number of nitrogens with one attached hydrogen (secondary N) is 1. The van der Waals surface area contributed by atoms with Crippen molar-refractivity contribution >= 4 is 11.9 Å². The molecule has 0 aromatic rings. The Morgan fingerprint density at radius 3 is 2.47 bits per heavy atom. The van der Waals surface area contributed by atoms with Crippen LogP contribution in [0.25, 0.3) is 0 Å². The standard InChI is InChI=1S/C14H26N2O3/c1-2-3-4-9-16-10-7-12(8-11-16)15-13(17)5-6-14(18)19/h12H,2-11H2,1H3,(H,15,17)(H,18,19). The third-order valence-electron chi connectivity index (χ3n) is 3.60. The van der Waals surface area contributed by atoms with Crippen molar-refractivity contribution in [1.29, 1.82) is 0 Å². The summed E-state index contributed by atoms with van der Waals surface area (Å²) in [5, 5.41) is 11.5. The van der Waals surface area contributed by atoms with Crippen molar-refractivity contribution in [2.24, 2.45) is 0 Å². The molecule has 5 heteroatoms. The zero-order valence-electron chi connectivity index (χ0n) is 11.9. The van der Waals surface area contributed by atoms with Gasteiger partial charge in [-0.3, -0.25) is 9.59 Å². The number of hydrogen-bond donors (Lipinski definition) is 2. The molecule has 0 aliphatic carbocycles. The van der Waals surface area contributed by atoms with Gasteiger partial charge >= 0.3 is 5.97 Å². The van der Waals surface area contributed by atoms with Crippen LogP contribution in [0.3, 0.4) is 0 Å². The lowest BCUT2D eigenvalue weighted by molar-refractivity contribution is -0.139. The van der Waals surface area contributed by atoms with Crippen LogP contribution in [0.1, 0.15) is 51.9 Å². The highest BCUT2D eigenvalue weighted by Gasteiger charge is 2.20. The summed E-state index contributed by atoms with van der Waals surface area (Å²) in [4.78, 5) is 24.4. The van der Waals surface area contributed by atoms with Crippen molar-refractivity contribution in [1.82, 2.24) is 10.2 Å². The van der Waals surface area contributed by atoms with Crippen LogP contribution in [0.15, 0.2) is 0 Å². The van der Waals surface area contributed by atoms with Crippen molar-refractivity contribution in [3.05, 3.63) is 0 Å². The third kappa shape index (κ3) is 7.15. The molecule has 0 radical (unpaired) electrons. The van der Waals surface area contributed by atoms with Crippen LogP contribution in [-0.4, -0.2) is 47.6 Å². The van der Waals surface area contributed by atoms with Gasteiger partial charge in [-0.15, -0.1) is 0 Å². The summed E-state index contributed by atoms with van der Waals surface area (Å²) in [6.07, 6.45) is 5.75. The molecule has 0 spiro atoms. The average Bonchev–Trinajstić information content (AvgIpc) is 2.39. The van der Waals surface area contributed by atoms with Crippen molar-refractivity contribution < 1.29 is 14.7 Å². The molecule has 1 amide bonds. The number of nitrogens with zero attached hydrogens (tertiary/aromatic N) is 1. The van der Waals surface area contributed by atoms with Crippen molar-refractivity contribution in [3.63, 3.8) is 0 Å². The second-order valence-corrected chi connectivity index (χ2v) is 5.28. The molecular weight excluding hydrogens is 244 g/mol. The van der Waals surface area contributed by atoms with Gasteiger partial charge in [-0.25, -0.2) is 0 Å². The summed E-state index contributed by atoms with van der Waals surface area (Å²) >= 11 is 0. The number of carbonyl (C=O) groups excluding carboxylic acids is 1. The third-order valence-corrected chi connectivity index (χ3v) is 3.60. The SMILES string of the molecule is CCCCCN1CCC(NC(=O)CCC(=O)O)CC1. The largest absolute Gasteiger partial charge is 0.481 e. The molecule has 19 heavy (non-hydrogen) atoms. The Morgan fingerprint density at radius 2 is 1.89 bits per heavy atom. The van der Waals surface area contributed by atoms with E-state index in [0.717, 1.165) is 32.5 Å². The molecule has 0 aromatic heterocycles. The summed E-state index contributed by atoms with van der Waals surface area (Å²) in [7, 11) is 0. The van der Waals surface area contributed by atoms with Gasteiger partial charge in [-0.1, -0.05) is 19.8 Å². The molecule has 1 heterocycles. The lowest BCUT2D eigenvalue weighted by atomic mass is 10.0. The summed E-state index contributed by atoms with van der Waals surface area (Å²) < 4.78 is 0. The number of likely N-dealkylation sites (tertiary alicyclic amines) is 1. The predicted octanol–water partition coefficient (Wildman–Crippen LogP) is 1.62. The van der Waals surface area contributed by atoms with Gasteiger partial charge in [0.05, 0.1) is 6.42 Å². The number of carboxylic acids is 1. The fourth-order valence-corrected chi connectivity index (χ4v) is 2.41.